The molecule has 1 saturated heterocycles. The Bertz CT molecular complexity index is 681. The topological polar surface area (TPSA) is 95.7 Å². The van der Waals surface area contributed by atoms with Gasteiger partial charge < -0.3 is 10.2 Å². The molecule has 0 saturated carbocycles. The van der Waals surface area contributed by atoms with Crippen LogP contribution in [0, 0.1) is 5.92 Å². The summed E-state index contributed by atoms with van der Waals surface area (Å²) in [4.78, 5) is 16.5. The van der Waals surface area contributed by atoms with Crippen molar-refractivity contribution >= 4 is 16.1 Å². The summed E-state index contributed by atoms with van der Waals surface area (Å²) in [6, 6.07) is 6.73. The number of nitrogens with one attached hydrogen (secondary N) is 1. The van der Waals surface area contributed by atoms with E-state index in [1.54, 1.807) is 24.3 Å². The first-order valence-electron chi connectivity index (χ1n) is 9.12. The van der Waals surface area contributed by atoms with E-state index in [0.717, 1.165) is 57.7 Å². The molecule has 3 N–H and O–H groups in total. The summed E-state index contributed by atoms with van der Waals surface area (Å²) in [6.07, 6.45) is 1.83. The number of carbonyl (C=O) groups excluding carboxylic acids is 1. The summed E-state index contributed by atoms with van der Waals surface area (Å²) < 4.78 is 22.5. The smallest absolute Gasteiger partial charge is 0.317 e. The van der Waals surface area contributed by atoms with Crippen molar-refractivity contribution in [3.8, 4) is 0 Å². The van der Waals surface area contributed by atoms with Crippen LogP contribution in [0.2, 0.25) is 0 Å². The Morgan fingerprint density at radius 2 is 1.77 bits per heavy atom. The van der Waals surface area contributed by atoms with Crippen molar-refractivity contribution in [3.05, 3.63) is 29.8 Å². The standard InChI is InChI=1S/C18H30N4O3S/c1-15(2)7-9-20-18(23)22-13-11-21(12-14-22)10-8-16-3-5-17(6-4-16)26(19,24)25/h3-6,15H,7-14H2,1-2H3,(H,20,23)(H2,19,24,25). The van der Waals surface area contributed by atoms with Crippen LogP contribution in [0.1, 0.15) is 25.8 Å². The lowest BCUT2D eigenvalue weighted by atomic mass is 10.1. The lowest BCUT2D eigenvalue weighted by Gasteiger charge is -2.34. The van der Waals surface area contributed by atoms with E-state index in [2.05, 4.69) is 24.1 Å². The largest absolute Gasteiger partial charge is 0.338 e. The first kappa shape index (κ1) is 20.7. The van der Waals surface area contributed by atoms with Gasteiger partial charge in [0.15, 0.2) is 0 Å². The summed E-state index contributed by atoms with van der Waals surface area (Å²) in [5.41, 5.74) is 1.08. The number of piperazine rings is 1. The number of hydrogen-bond donors (Lipinski definition) is 2. The SMILES string of the molecule is CC(C)CCNC(=O)N1CCN(CCc2ccc(S(N)(=O)=O)cc2)CC1. The summed E-state index contributed by atoms with van der Waals surface area (Å²) in [6.45, 7) is 9.08. The van der Waals surface area contributed by atoms with Gasteiger partial charge in [-0.1, -0.05) is 26.0 Å². The molecule has 1 aromatic rings. The molecule has 0 spiro atoms. The minimum absolute atomic E-state index is 0.0314. The summed E-state index contributed by atoms with van der Waals surface area (Å²) in [5, 5.41) is 8.09. The van der Waals surface area contributed by atoms with Crippen molar-refractivity contribution in [2.75, 3.05) is 39.3 Å². The maximum atomic E-state index is 12.1. The summed E-state index contributed by atoms with van der Waals surface area (Å²) in [7, 11) is -3.63. The number of primary sulfonamides is 1. The number of rotatable bonds is 7. The molecule has 0 bridgehead atoms. The molecule has 2 amide bonds. The lowest BCUT2D eigenvalue weighted by Crippen LogP contribution is -2.52. The second-order valence-electron chi connectivity index (χ2n) is 7.18. The van der Waals surface area contributed by atoms with Crippen molar-refractivity contribution in [1.82, 2.24) is 15.1 Å². The monoisotopic (exact) mass is 382 g/mol. The van der Waals surface area contributed by atoms with E-state index in [9.17, 15) is 13.2 Å². The first-order chi connectivity index (χ1) is 12.3. The predicted molar refractivity (Wildman–Crippen MR) is 102 cm³/mol. The van der Waals surface area contributed by atoms with Gasteiger partial charge in [-0.2, -0.15) is 0 Å². The van der Waals surface area contributed by atoms with E-state index in [4.69, 9.17) is 5.14 Å². The maximum Gasteiger partial charge on any atom is 0.317 e. The Balaban J connectivity index is 1.71. The van der Waals surface area contributed by atoms with Crippen molar-refractivity contribution in [2.45, 2.75) is 31.6 Å². The van der Waals surface area contributed by atoms with Crippen molar-refractivity contribution in [2.24, 2.45) is 11.1 Å². The van der Waals surface area contributed by atoms with Crippen LogP contribution >= 0.6 is 0 Å². The number of urea groups is 1. The summed E-state index contributed by atoms with van der Waals surface area (Å²) in [5.74, 6) is 0.589. The number of nitrogens with two attached hydrogens (primary N) is 1. The number of sulfonamides is 1. The van der Waals surface area contributed by atoms with E-state index in [0.29, 0.717) is 5.92 Å². The third kappa shape index (κ3) is 6.59. The quantitative estimate of drug-likeness (QED) is 0.742. The highest BCUT2D eigenvalue weighted by atomic mass is 32.2. The zero-order valence-corrected chi connectivity index (χ0v) is 16.5. The highest BCUT2D eigenvalue weighted by molar-refractivity contribution is 7.89. The van der Waals surface area contributed by atoms with Crippen LogP contribution < -0.4 is 10.5 Å². The van der Waals surface area contributed by atoms with Gasteiger partial charge in [0.25, 0.3) is 0 Å². The second-order valence-corrected chi connectivity index (χ2v) is 8.74. The molecule has 1 aromatic carbocycles. The maximum absolute atomic E-state index is 12.1. The van der Waals surface area contributed by atoms with E-state index in [-0.39, 0.29) is 10.9 Å². The van der Waals surface area contributed by atoms with Crippen LogP contribution in [0.15, 0.2) is 29.2 Å². The van der Waals surface area contributed by atoms with Gasteiger partial charge in [0.2, 0.25) is 10.0 Å². The minimum atomic E-state index is -3.63. The van der Waals surface area contributed by atoms with Crippen molar-refractivity contribution < 1.29 is 13.2 Å². The third-order valence-electron chi connectivity index (χ3n) is 4.63. The van der Waals surface area contributed by atoms with Gasteiger partial charge in [-0.05, 0) is 36.5 Å². The van der Waals surface area contributed by atoms with Gasteiger partial charge in [0.1, 0.15) is 0 Å². The van der Waals surface area contributed by atoms with E-state index < -0.39 is 10.0 Å². The van der Waals surface area contributed by atoms with Crippen LogP contribution in [0.5, 0.6) is 0 Å². The molecule has 0 atom stereocenters. The molecular weight excluding hydrogens is 352 g/mol. The van der Waals surface area contributed by atoms with E-state index >= 15 is 0 Å². The Morgan fingerprint density at radius 1 is 1.15 bits per heavy atom. The number of amides is 2. The molecule has 0 aromatic heterocycles. The molecule has 1 fully saturated rings. The number of benzene rings is 1. The number of carbonyl (C=O) groups is 1. The van der Waals surface area contributed by atoms with E-state index in [1.165, 1.54) is 0 Å². The van der Waals surface area contributed by atoms with Gasteiger partial charge in [-0.15, -0.1) is 0 Å². The Labute approximate surface area is 156 Å². The van der Waals surface area contributed by atoms with Crippen molar-refractivity contribution in [1.29, 1.82) is 0 Å². The fourth-order valence-corrected chi connectivity index (χ4v) is 3.40. The van der Waals surface area contributed by atoms with Gasteiger partial charge in [-0.3, -0.25) is 4.90 Å². The molecule has 26 heavy (non-hydrogen) atoms. The van der Waals surface area contributed by atoms with Gasteiger partial charge in [-0.25, -0.2) is 18.4 Å². The molecule has 0 aliphatic carbocycles. The Hall–Kier alpha value is -1.64. The van der Waals surface area contributed by atoms with Crippen LogP contribution in [0.3, 0.4) is 0 Å². The number of hydrogen-bond acceptors (Lipinski definition) is 4. The highest BCUT2D eigenvalue weighted by Gasteiger charge is 2.20. The fourth-order valence-electron chi connectivity index (χ4n) is 2.89. The molecule has 1 heterocycles. The zero-order chi connectivity index (χ0) is 19.2. The van der Waals surface area contributed by atoms with Crippen LogP contribution in [0.4, 0.5) is 4.79 Å². The average molecular weight is 383 g/mol. The zero-order valence-electron chi connectivity index (χ0n) is 15.6. The average Bonchev–Trinajstić information content (AvgIpc) is 2.59. The van der Waals surface area contributed by atoms with Crippen LogP contribution in [-0.4, -0.2) is 63.5 Å². The fraction of sp³-hybridized carbons (Fsp3) is 0.611. The van der Waals surface area contributed by atoms with Gasteiger partial charge in [0, 0.05) is 39.3 Å². The van der Waals surface area contributed by atoms with E-state index in [1.807, 2.05) is 4.90 Å². The summed E-state index contributed by atoms with van der Waals surface area (Å²) >= 11 is 0. The normalized spacial score (nSPS) is 16.1. The lowest BCUT2D eigenvalue weighted by molar-refractivity contribution is 0.140. The molecule has 0 radical (unpaired) electrons. The molecule has 1 aliphatic rings. The Kier molecular flexibility index (Phi) is 7.43. The number of nitrogens with zero attached hydrogens (tertiary/aromatic N) is 2. The third-order valence-corrected chi connectivity index (χ3v) is 5.56. The molecule has 0 unspecified atom stereocenters. The minimum Gasteiger partial charge on any atom is -0.338 e. The molecule has 2 rings (SSSR count). The highest BCUT2D eigenvalue weighted by Crippen LogP contribution is 2.10. The molecule has 1 aliphatic heterocycles. The molecule has 7 nitrogen and oxygen atoms in total. The molecular formula is C18H30N4O3S. The van der Waals surface area contributed by atoms with Gasteiger partial charge >= 0.3 is 6.03 Å². The van der Waals surface area contributed by atoms with Crippen LogP contribution in [0.25, 0.3) is 0 Å². The van der Waals surface area contributed by atoms with Gasteiger partial charge in [0.05, 0.1) is 4.90 Å². The Morgan fingerprint density at radius 3 is 2.31 bits per heavy atom. The first-order valence-corrected chi connectivity index (χ1v) is 10.7. The predicted octanol–water partition coefficient (Wildman–Crippen LogP) is 1.25. The molecule has 146 valence electrons. The van der Waals surface area contributed by atoms with Crippen LogP contribution in [-0.2, 0) is 16.4 Å². The second kappa shape index (κ2) is 9.34. The van der Waals surface area contributed by atoms with Crippen molar-refractivity contribution in [3.63, 3.8) is 0 Å². The molecule has 8 heteroatoms.